The topological polar surface area (TPSA) is 20.3 Å². The lowest BCUT2D eigenvalue weighted by molar-refractivity contribution is 0.0625. The van der Waals surface area contributed by atoms with Gasteiger partial charge in [0.1, 0.15) is 0 Å². The third-order valence-corrected chi connectivity index (χ3v) is 5.26. The lowest BCUT2D eigenvalue weighted by atomic mass is 9.91. The number of rotatable bonds is 1. The zero-order valence-electron chi connectivity index (χ0n) is 13.4. The SMILES string of the molecule is CC1CC(C)CN(C(=O)c2ccc3c4c(cccc24)CC3)C1. The van der Waals surface area contributed by atoms with E-state index in [9.17, 15) is 4.79 Å². The molecule has 2 aromatic rings. The van der Waals surface area contributed by atoms with E-state index in [0.29, 0.717) is 11.8 Å². The summed E-state index contributed by atoms with van der Waals surface area (Å²) in [5, 5.41) is 2.50. The van der Waals surface area contributed by atoms with Gasteiger partial charge in [-0.1, -0.05) is 38.1 Å². The number of carbonyl (C=O) groups is 1. The predicted molar refractivity (Wildman–Crippen MR) is 90.2 cm³/mol. The summed E-state index contributed by atoms with van der Waals surface area (Å²) in [4.78, 5) is 15.1. The number of piperidine rings is 1. The van der Waals surface area contributed by atoms with E-state index in [1.165, 1.54) is 22.9 Å². The third-order valence-electron chi connectivity index (χ3n) is 5.26. The Hall–Kier alpha value is -1.83. The van der Waals surface area contributed by atoms with Crippen LogP contribution in [0.3, 0.4) is 0 Å². The summed E-state index contributed by atoms with van der Waals surface area (Å²) >= 11 is 0. The summed E-state index contributed by atoms with van der Waals surface area (Å²) in [6.07, 6.45) is 3.46. The highest BCUT2D eigenvalue weighted by atomic mass is 16.2. The Bertz CT molecular complexity index is 728. The Labute approximate surface area is 132 Å². The third kappa shape index (κ3) is 2.13. The van der Waals surface area contributed by atoms with Crippen LogP contribution in [0.25, 0.3) is 10.8 Å². The molecule has 2 atom stereocenters. The number of amides is 1. The Morgan fingerprint density at radius 3 is 2.41 bits per heavy atom. The van der Waals surface area contributed by atoms with E-state index in [0.717, 1.165) is 36.9 Å². The van der Waals surface area contributed by atoms with E-state index in [2.05, 4.69) is 49.1 Å². The molecule has 2 aromatic carbocycles. The zero-order valence-corrected chi connectivity index (χ0v) is 13.4. The second kappa shape index (κ2) is 5.12. The standard InChI is InChI=1S/C20H23NO/c1-13-10-14(2)12-21(11-13)20(22)18-9-8-16-7-6-15-4-3-5-17(18)19(15)16/h3-5,8-9,13-14H,6-7,10-12H2,1-2H3. The molecule has 1 aliphatic carbocycles. The largest absolute Gasteiger partial charge is 0.338 e. The maximum Gasteiger partial charge on any atom is 0.254 e. The minimum Gasteiger partial charge on any atom is -0.338 e. The second-order valence-electron chi connectivity index (χ2n) is 7.27. The Morgan fingerprint density at radius 1 is 1.00 bits per heavy atom. The van der Waals surface area contributed by atoms with E-state index in [1.54, 1.807) is 0 Å². The van der Waals surface area contributed by atoms with Crippen LogP contribution in [0.15, 0.2) is 30.3 Å². The molecule has 0 saturated carbocycles. The lowest BCUT2D eigenvalue weighted by Gasteiger charge is -2.35. The Morgan fingerprint density at radius 2 is 1.68 bits per heavy atom. The van der Waals surface area contributed by atoms with E-state index < -0.39 is 0 Å². The molecule has 2 unspecified atom stereocenters. The molecular formula is C20H23NO. The molecule has 2 aliphatic rings. The first kappa shape index (κ1) is 13.8. The van der Waals surface area contributed by atoms with Crippen molar-refractivity contribution in [1.29, 1.82) is 0 Å². The van der Waals surface area contributed by atoms with Gasteiger partial charge in [0.15, 0.2) is 0 Å². The fraction of sp³-hybridized carbons (Fsp3) is 0.450. The van der Waals surface area contributed by atoms with Crippen molar-refractivity contribution in [1.82, 2.24) is 4.90 Å². The average molecular weight is 293 g/mol. The molecule has 1 fully saturated rings. The van der Waals surface area contributed by atoms with Crippen molar-refractivity contribution < 1.29 is 4.79 Å². The summed E-state index contributed by atoms with van der Waals surface area (Å²) in [5.74, 6) is 1.42. The fourth-order valence-corrected chi connectivity index (χ4v) is 4.43. The number of carbonyl (C=O) groups excluding carboxylic acids is 1. The molecule has 0 radical (unpaired) electrons. The summed E-state index contributed by atoms with van der Waals surface area (Å²) in [6, 6.07) is 10.7. The number of aryl methyl sites for hydroxylation is 2. The van der Waals surface area contributed by atoms with Crippen molar-refractivity contribution in [2.24, 2.45) is 11.8 Å². The molecule has 1 saturated heterocycles. The van der Waals surface area contributed by atoms with Crippen LogP contribution >= 0.6 is 0 Å². The summed E-state index contributed by atoms with van der Waals surface area (Å²) in [6.45, 7) is 6.30. The van der Waals surface area contributed by atoms with Crippen LogP contribution in [-0.2, 0) is 12.8 Å². The molecule has 1 amide bonds. The van der Waals surface area contributed by atoms with Crippen LogP contribution in [0.1, 0.15) is 41.8 Å². The van der Waals surface area contributed by atoms with Gasteiger partial charge in [-0.05, 0) is 59.1 Å². The monoisotopic (exact) mass is 293 g/mol. The van der Waals surface area contributed by atoms with Crippen LogP contribution in [0.5, 0.6) is 0 Å². The van der Waals surface area contributed by atoms with Crippen molar-refractivity contribution in [3.05, 3.63) is 47.0 Å². The predicted octanol–water partition coefficient (Wildman–Crippen LogP) is 4.06. The Kier molecular flexibility index (Phi) is 3.21. The Balaban J connectivity index is 1.77. The van der Waals surface area contributed by atoms with Crippen molar-refractivity contribution >= 4 is 16.7 Å². The van der Waals surface area contributed by atoms with Gasteiger partial charge in [0.2, 0.25) is 0 Å². The van der Waals surface area contributed by atoms with Gasteiger partial charge < -0.3 is 4.90 Å². The highest BCUT2D eigenvalue weighted by molar-refractivity contribution is 6.09. The smallest absolute Gasteiger partial charge is 0.254 e. The zero-order chi connectivity index (χ0) is 15.3. The highest BCUT2D eigenvalue weighted by Crippen LogP contribution is 2.34. The van der Waals surface area contributed by atoms with Crippen LogP contribution in [0.4, 0.5) is 0 Å². The molecule has 2 nitrogen and oxygen atoms in total. The van der Waals surface area contributed by atoms with Gasteiger partial charge in [0.05, 0.1) is 0 Å². The lowest BCUT2D eigenvalue weighted by Crippen LogP contribution is -2.42. The molecule has 1 heterocycles. The van der Waals surface area contributed by atoms with Gasteiger partial charge in [0, 0.05) is 18.7 Å². The number of hydrogen-bond donors (Lipinski definition) is 0. The average Bonchev–Trinajstić information content (AvgIpc) is 2.91. The number of benzene rings is 2. The van der Waals surface area contributed by atoms with E-state index in [1.807, 2.05) is 0 Å². The minimum atomic E-state index is 0.217. The molecule has 0 bridgehead atoms. The fourth-order valence-electron chi connectivity index (χ4n) is 4.43. The quantitative estimate of drug-likeness (QED) is 0.776. The maximum absolute atomic E-state index is 13.1. The van der Waals surface area contributed by atoms with Crippen LogP contribution in [-0.4, -0.2) is 23.9 Å². The first-order valence-electron chi connectivity index (χ1n) is 8.46. The molecule has 2 heteroatoms. The van der Waals surface area contributed by atoms with Crippen LogP contribution in [0, 0.1) is 11.8 Å². The highest BCUT2D eigenvalue weighted by Gasteiger charge is 2.28. The second-order valence-corrected chi connectivity index (χ2v) is 7.27. The number of likely N-dealkylation sites (tertiary alicyclic amines) is 1. The molecule has 0 aromatic heterocycles. The van der Waals surface area contributed by atoms with Crippen molar-refractivity contribution in [2.75, 3.05) is 13.1 Å². The van der Waals surface area contributed by atoms with Crippen molar-refractivity contribution in [3.63, 3.8) is 0 Å². The molecule has 22 heavy (non-hydrogen) atoms. The summed E-state index contributed by atoms with van der Waals surface area (Å²) in [7, 11) is 0. The van der Waals surface area contributed by atoms with Crippen molar-refractivity contribution in [3.8, 4) is 0 Å². The van der Waals surface area contributed by atoms with Gasteiger partial charge in [-0.15, -0.1) is 0 Å². The molecule has 114 valence electrons. The van der Waals surface area contributed by atoms with E-state index in [-0.39, 0.29) is 5.91 Å². The van der Waals surface area contributed by atoms with Crippen molar-refractivity contribution in [2.45, 2.75) is 33.1 Å². The summed E-state index contributed by atoms with van der Waals surface area (Å²) < 4.78 is 0. The van der Waals surface area contributed by atoms with Gasteiger partial charge in [-0.3, -0.25) is 4.79 Å². The van der Waals surface area contributed by atoms with Crippen LogP contribution < -0.4 is 0 Å². The normalized spacial score (nSPS) is 24.0. The van der Waals surface area contributed by atoms with E-state index in [4.69, 9.17) is 0 Å². The molecule has 0 N–H and O–H groups in total. The first-order chi connectivity index (χ1) is 10.6. The van der Waals surface area contributed by atoms with Gasteiger partial charge in [-0.2, -0.15) is 0 Å². The van der Waals surface area contributed by atoms with Gasteiger partial charge >= 0.3 is 0 Å². The number of hydrogen-bond acceptors (Lipinski definition) is 1. The molecule has 4 rings (SSSR count). The van der Waals surface area contributed by atoms with Crippen LogP contribution in [0.2, 0.25) is 0 Å². The molecule has 1 aliphatic heterocycles. The molecule has 0 spiro atoms. The first-order valence-corrected chi connectivity index (χ1v) is 8.46. The molecular weight excluding hydrogens is 270 g/mol. The van der Waals surface area contributed by atoms with Gasteiger partial charge in [0.25, 0.3) is 5.91 Å². The summed E-state index contributed by atoms with van der Waals surface area (Å²) in [5.41, 5.74) is 3.70. The van der Waals surface area contributed by atoms with Gasteiger partial charge in [-0.25, -0.2) is 0 Å². The maximum atomic E-state index is 13.1. The minimum absolute atomic E-state index is 0.217. The number of nitrogens with zero attached hydrogens (tertiary/aromatic N) is 1. The van der Waals surface area contributed by atoms with E-state index >= 15 is 0 Å².